The number of carbonyl (C=O) groups excluding carboxylic acids is 4. The zero-order valence-corrected chi connectivity index (χ0v) is 22.0. The van der Waals surface area contributed by atoms with Crippen molar-refractivity contribution in [2.75, 3.05) is 13.6 Å². The Morgan fingerprint density at radius 3 is 2.78 bits per heavy atom. The van der Waals surface area contributed by atoms with Crippen LogP contribution >= 0.6 is 0 Å². The Morgan fingerprint density at radius 1 is 1.22 bits per heavy atom. The van der Waals surface area contributed by atoms with Gasteiger partial charge in [0, 0.05) is 42.9 Å². The third kappa shape index (κ3) is 5.74. The first-order valence-corrected chi connectivity index (χ1v) is 13.0. The lowest BCUT2D eigenvalue weighted by Gasteiger charge is -2.34. The number of halogens is 2. The zero-order valence-electron chi connectivity index (χ0n) is 22.0. The molecule has 41 heavy (non-hydrogen) atoms. The van der Waals surface area contributed by atoms with Gasteiger partial charge in [0.2, 0.25) is 23.5 Å². The summed E-state index contributed by atoms with van der Waals surface area (Å²) in [6.07, 6.45) is 0.417. The lowest BCUT2D eigenvalue weighted by molar-refractivity contribution is -0.143. The number of pyridine rings is 1. The van der Waals surface area contributed by atoms with Gasteiger partial charge in [0.25, 0.3) is 12.3 Å². The minimum Gasteiger partial charge on any atom is -0.359 e. The molecular formula is C28H26F2N6O5. The maximum atomic E-state index is 13.5. The SMILES string of the molecule is CN(C(=O)C1=C(C=O)N(Cc2nc(-c3cccc(-c4cccnc4C(F)F)c3)no2)CCC1)C1CCC(=O)NC1=O. The van der Waals surface area contributed by atoms with E-state index in [-0.39, 0.29) is 54.0 Å². The molecular weight excluding hydrogens is 538 g/mol. The highest BCUT2D eigenvalue weighted by Gasteiger charge is 2.35. The van der Waals surface area contributed by atoms with E-state index in [2.05, 4.69) is 20.4 Å². The maximum Gasteiger partial charge on any atom is 0.280 e. The number of nitrogens with one attached hydrogen (secondary N) is 1. The number of alkyl halides is 2. The van der Waals surface area contributed by atoms with Crippen molar-refractivity contribution in [3.8, 4) is 22.5 Å². The summed E-state index contributed by atoms with van der Waals surface area (Å²) < 4.78 is 32.4. The fraction of sp³-hybridized carbons (Fsp3) is 0.321. The Bertz CT molecular complexity index is 1540. The van der Waals surface area contributed by atoms with E-state index in [1.54, 1.807) is 41.3 Å². The summed E-state index contributed by atoms with van der Waals surface area (Å²) in [6, 6.07) is 9.10. The number of hydrogen-bond acceptors (Lipinski definition) is 9. The molecule has 1 fully saturated rings. The molecule has 2 aliphatic heterocycles. The van der Waals surface area contributed by atoms with E-state index >= 15 is 0 Å². The number of piperidine rings is 1. The number of amides is 3. The Balaban J connectivity index is 1.35. The van der Waals surface area contributed by atoms with E-state index in [9.17, 15) is 28.0 Å². The quantitative estimate of drug-likeness (QED) is 0.323. The van der Waals surface area contributed by atoms with Crippen LogP contribution in [-0.4, -0.2) is 68.6 Å². The number of allylic oxidation sites excluding steroid dienone is 1. The second kappa shape index (κ2) is 11.7. The Kier molecular flexibility index (Phi) is 7.95. The number of benzene rings is 1. The molecule has 0 saturated carbocycles. The van der Waals surface area contributed by atoms with Crippen molar-refractivity contribution in [1.29, 1.82) is 0 Å². The molecule has 1 aromatic carbocycles. The van der Waals surface area contributed by atoms with Crippen LogP contribution in [0.5, 0.6) is 0 Å². The number of hydrogen-bond donors (Lipinski definition) is 1. The van der Waals surface area contributed by atoms with Crippen molar-refractivity contribution < 1.29 is 32.5 Å². The minimum absolute atomic E-state index is 0.0534. The minimum atomic E-state index is -2.74. The van der Waals surface area contributed by atoms with Gasteiger partial charge in [-0.25, -0.2) is 8.78 Å². The van der Waals surface area contributed by atoms with Crippen LogP contribution in [0.4, 0.5) is 8.78 Å². The van der Waals surface area contributed by atoms with Gasteiger partial charge in [-0.3, -0.25) is 29.5 Å². The van der Waals surface area contributed by atoms with Crippen LogP contribution in [0, 0.1) is 0 Å². The normalized spacial score (nSPS) is 17.6. The molecule has 3 amide bonds. The number of likely N-dealkylation sites (N-methyl/N-ethyl adjacent to an activating group) is 1. The van der Waals surface area contributed by atoms with Gasteiger partial charge in [-0.15, -0.1) is 0 Å². The first kappa shape index (κ1) is 27.7. The second-order valence-electron chi connectivity index (χ2n) is 9.72. The molecule has 0 aliphatic carbocycles. The third-order valence-corrected chi connectivity index (χ3v) is 7.14. The van der Waals surface area contributed by atoms with Crippen molar-refractivity contribution in [3.05, 3.63) is 65.4 Å². The molecule has 5 rings (SSSR count). The van der Waals surface area contributed by atoms with Crippen molar-refractivity contribution in [1.82, 2.24) is 30.2 Å². The Labute approximate surface area is 233 Å². The van der Waals surface area contributed by atoms with Gasteiger partial charge < -0.3 is 14.3 Å². The first-order chi connectivity index (χ1) is 19.8. The summed E-state index contributed by atoms with van der Waals surface area (Å²) in [5, 5.41) is 6.26. The van der Waals surface area contributed by atoms with Crippen molar-refractivity contribution in [3.63, 3.8) is 0 Å². The molecule has 1 N–H and O–H groups in total. The van der Waals surface area contributed by atoms with Crippen LogP contribution in [0.3, 0.4) is 0 Å². The van der Waals surface area contributed by atoms with Crippen molar-refractivity contribution in [2.45, 2.75) is 44.7 Å². The molecule has 2 aliphatic rings. The molecule has 1 saturated heterocycles. The van der Waals surface area contributed by atoms with E-state index in [1.807, 2.05) is 0 Å². The monoisotopic (exact) mass is 564 g/mol. The van der Waals surface area contributed by atoms with Gasteiger partial charge in [-0.1, -0.05) is 29.4 Å². The summed E-state index contributed by atoms with van der Waals surface area (Å²) in [4.78, 5) is 60.4. The molecule has 3 aromatic rings. The summed E-state index contributed by atoms with van der Waals surface area (Å²) >= 11 is 0. The molecule has 11 nitrogen and oxygen atoms in total. The Hall–Kier alpha value is -4.81. The fourth-order valence-corrected chi connectivity index (χ4v) is 5.08. The van der Waals surface area contributed by atoms with Crippen LogP contribution in [0.15, 0.2) is 58.4 Å². The molecule has 1 atom stereocenters. The predicted octanol–water partition coefficient (Wildman–Crippen LogP) is 3.05. The largest absolute Gasteiger partial charge is 0.359 e. The molecule has 212 valence electrons. The van der Waals surface area contributed by atoms with E-state index < -0.39 is 24.3 Å². The maximum absolute atomic E-state index is 13.5. The topological polar surface area (TPSA) is 139 Å². The van der Waals surface area contributed by atoms with Gasteiger partial charge in [-0.05, 0) is 37.0 Å². The summed E-state index contributed by atoms with van der Waals surface area (Å²) in [6.45, 7) is 0.509. The average Bonchev–Trinajstić information content (AvgIpc) is 3.45. The molecule has 2 aromatic heterocycles. The number of imide groups is 1. The lowest BCUT2D eigenvalue weighted by Crippen LogP contribution is -2.53. The number of aldehydes is 1. The summed E-state index contributed by atoms with van der Waals surface area (Å²) in [5.41, 5.74) is 1.44. The van der Waals surface area contributed by atoms with Gasteiger partial charge >= 0.3 is 0 Å². The fourth-order valence-electron chi connectivity index (χ4n) is 5.08. The van der Waals surface area contributed by atoms with Gasteiger partial charge in [0.1, 0.15) is 11.7 Å². The van der Waals surface area contributed by atoms with Crippen LogP contribution in [0.25, 0.3) is 22.5 Å². The van der Waals surface area contributed by atoms with E-state index in [0.717, 1.165) is 0 Å². The highest BCUT2D eigenvalue weighted by molar-refractivity contribution is 6.04. The van der Waals surface area contributed by atoms with Crippen LogP contribution in [0.1, 0.15) is 43.7 Å². The zero-order chi connectivity index (χ0) is 29.1. The average molecular weight is 565 g/mol. The molecule has 0 radical (unpaired) electrons. The molecule has 0 spiro atoms. The number of rotatable bonds is 8. The molecule has 0 bridgehead atoms. The predicted molar refractivity (Wildman–Crippen MR) is 140 cm³/mol. The summed E-state index contributed by atoms with van der Waals surface area (Å²) in [7, 11) is 1.48. The van der Waals surface area contributed by atoms with Gasteiger partial charge in [-0.2, -0.15) is 4.98 Å². The van der Waals surface area contributed by atoms with Crippen LogP contribution < -0.4 is 5.32 Å². The molecule has 1 unspecified atom stereocenters. The second-order valence-corrected chi connectivity index (χ2v) is 9.72. The number of carbonyl (C=O) groups is 4. The van der Waals surface area contributed by atoms with E-state index in [1.165, 1.54) is 18.1 Å². The van der Waals surface area contributed by atoms with Crippen LogP contribution in [-0.2, 0) is 25.7 Å². The third-order valence-electron chi connectivity index (χ3n) is 7.14. The van der Waals surface area contributed by atoms with E-state index in [0.29, 0.717) is 42.4 Å². The first-order valence-electron chi connectivity index (χ1n) is 13.0. The lowest BCUT2D eigenvalue weighted by atomic mass is 9.98. The molecule has 13 heteroatoms. The Morgan fingerprint density at radius 2 is 2.02 bits per heavy atom. The highest BCUT2D eigenvalue weighted by atomic mass is 19.3. The van der Waals surface area contributed by atoms with Gasteiger partial charge in [0.15, 0.2) is 6.29 Å². The number of aromatic nitrogens is 3. The smallest absolute Gasteiger partial charge is 0.280 e. The molecule has 4 heterocycles. The van der Waals surface area contributed by atoms with Gasteiger partial charge in [0.05, 0.1) is 12.2 Å². The van der Waals surface area contributed by atoms with E-state index in [4.69, 9.17) is 4.52 Å². The van der Waals surface area contributed by atoms with Crippen molar-refractivity contribution >= 4 is 24.0 Å². The standard InChI is InChI=1S/C28H26F2N6O5/c1-35(20-9-10-22(38)32-27(20)39)28(40)19-8-4-12-36(21(19)15-37)14-23-33-26(34-41-23)17-6-2-5-16(13-17)18-7-3-11-31-24(18)25(29)30/h2-3,5-7,11,13,15,20,25H,4,8-10,12,14H2,1H3,(H,32,38,39). The summed E-state index contributed by atoms with van der Waals surface area (Å²) in [5.74, 6) is -0.981. The van der Waals surface area contributed by atoms with Crippen LogP contribution in [0.2, 0.25) is 0 Å². The van der Waals surface area contributed by atoms with Crippen molar-refractivity contribution in [2.24, 2.45) is 0 Å². The number of nitrogens with zero attached hydrogens (tertiary/aromatic N) is 5. The highest BCUT2D eigenvalue weighted by Crippen LogP contribution is 2.32.